The summed E-state index contributed by atoms with van der Waals surface area (Å²) in [5, 5.41) is 12.1. The largest absolute Gasteiger partial charge is 0.382 e. The number of ether oxygens (including phenoxy) is 2. The lowest BCUT2D eigenvalue weighted by Crippen LogP contribution is -2.19. The number of rotatable bonds is 9. The van der Waals surface area contributed by atoms with Crippen LogP contribution in [0.3, 0.4) is 0 Å². The topological polar surface area (TPSA) is 73.3 Å². The zero-order valence-electron chi connectivity index (χ0n) is 10.8. The molecule has 0 atom stereocenters. The molecule has 18 heavy (non-hydrogen) atoms. The van der Waals surface area contributed by atoms with Crippen LogP contribution in [0.1, 0.15) is 24.8 Å². The summed E-state index contributed by atoms with van der Waals surface area (Å²) in [4.78, 5) is 11.5. The third kappa shape index (κ3) is 6.04. The molecule has 0 spiro atoms. The van der Waals surface area contributed by atoms with Crippen molar-refractivity contribution in [2.45, 2.75) is 26.2 Å². The lowest BCUT2D eigenvalue weighted by Gasteiger charge is -2.02. The van der Waals surface area contributed by atoms with Crippen molar-refractivity contribution >= 4 is 22.4 Å². The minimum atomic E-state index is -0.218. The third-order valence-corrected chi connectivity index (χ3v) is 3.02. The first-order valence-corrected chi connectivity index (χ1v) is 6.76. The fraction of sp³-hybridized carbons (Fsp3) is 0.727. The van der Waals surface area contributed by atoms with Gasteiger partial charge < -0.3 is 9.47 Å². The van der Waals surface area contributed by atoms with Crippen LogP contribution < -0.4 is 5.32 Å². The summed E-state index contributed by atoms with van der Waals surface area (Å²) < 4.78 is 9.90. The number of aryl methyl sites for hydroxylation is 1. The van der Waals surface area contributed by atoms with E-state index in [2.05, 4.69) is 22.4 Å². The number of amides is 1. The van der Waals surface area contributed by atoms with Crippen molar-refractivity contribution < 1.29 is 14.3 Å². The molecule has 0 fully saturated rings. The van der Waals surface area contributed by atoms with E-state index in [1.807, 2.05) is 0 Å². The molecule has 0 aliphatic heterocycles. The van der Waals surface area contributed by atoms with Crippen LogP contribution in [0.5, 0.6) is 0 Å². The zero-order chi connectivity index (χ0) is 13.2. The Bertz CT molecular complexity index is 357. The molecule has 0 radical (unpaired) electrons. The van der Waals surface area contributed by atoms with E-state index < -0.39 is 0 Å². The smallest absolute Gasteiger partial charge is 0.252 e. The molecule has 7 heteroatoms. The van der Waals surface area contributed by atoms with Gasteiger partial charge in [0, 0.05) is 13.5 Å². The Morgan fingerprint density at radius 3 is 2.94 bits per heavy atom. The van der Waals surface area contributed by atoms with E-state index in [0.29, 0.717) is 18.3 Å². The van der Waals surface area contributed by atoms with Crippen LogP contribution >= 0.6 is 11.3 Å². The fourth-order valence-corrected chi connectivity index (χ4v) is 1.99. The van der Waals surface area contributed by atoms with Crippen molar-refractivity contribution in [3.63, 3.8) is 0 Å². The molecule has 0 aliphatic rings. The molecule has 1 N–H and O–H groups in total. The van der Waals surface area contributed by atoms with Gasteiger partial charge in [0.2, 0.25) is 5.13 Å². The van der Waals surface area contributed by atoms with Gasteiger partial charge in [-0.25, -0.2) is 0 Å². The predicted molar refractivity (Wildman–Crippen MR) is 69.8 cm³/mol. The normalized spacial score (nSPS) is 10.6. The van der Waals surface area contributed by atoms with Gasteiger partial charge in [-0.1, -0.05) is 24.7 Å². The summed E-state index contributed by atoms with van der Waals surface area (Å²) in [7, 11) is 1.59. The van der Waals surface area contributed by atoms with E-state index in [-0.39, 0.29) is 12.5 Å². The second kappa shape index (κ2) is 8.96. The van der Waals surface area contributed by atoms with Crippen LogP contribution in [0.2, 0.25) is 0 Å². The van der Waals surface area contributed by atoms with E-state index >= 15 is 0 Å². The van der Waals surface area contributed by atoms with Gasteiger partial charge in [0.25, 0.3) is 5.91 Å². The summed E-state index contributed by atoms with van der Waals surface area (Å²) in [6.07, 6.45) is 3.12. The molecule has 0 unspecified atom stereocenters. The highest BCUT2D eigenvalue weighted by atomic mass is 32.1. The summed E-state index contributed by atoms with van der Waals surface area (Å²) in [5.74, 6) is -0.218. The van der Waals surface area contributed by atoms with Crippen LogP contribution in [0.15, 0.2) is 0 Å². The summed E-state index contributed by atoms with van der Waals surface area (Å²) >= 11 is 1.41. The van der Waals surface area contributed by atoms with Gasteiger partial charge in [-0.2, -0.15) is 0 Å². The Morgan fingerprint density at radius 1 is 1.39 bits per heavy atom. The highest BCUT2D eigenvalue weighted by molar-refractivity contribution is 7.15. The van der Waals surface area contributed by atoms with Crippen LogP contribution in [0.25, 0.3) is 0 Å². The number of anilines is 1. The number of carbonyl (C=O) groups excluding carboxylic acids is 1. The Morgan fingerprint density at radius 2 is 2.22 bits per heavy atom. The average molecular weight is 273 g/mol. The van der Waals surface area contributed by atoms with Crippen molar-refractivity contribution in [1.29, 1.82) is 0 Å². The highest BCUT2D eigenvalue weighted by Gasteiger charge is 2.07. The summed E-state index contributed by atoms with van der Waals surface area (Å²) in [6, 6.07) is 0. The molecule has 0 aliphatic carbocycles. The second-order valence-electron chi connectivity index (χ2n) is 3.70. The van der Waals surface area contributed by atoms with Gasteiger partial charge in [-0.05, 0) is 6.42 Å². The number of unbranched alkanes of at least 4 members (excludes halogenated alkanes) is 1. The van der Waals surface area contributed by atoms with Crippen molar-refractivity contribution in [1.82, 2.24) is 10.2 Å². The Hall–Kier alpha value is -1.05. The Kier molecular flexibility index (Phi) is 7.47. The van der Waals surface area contributed by atoms with Crippen LogP contribution in [0.4, 0.5) is 5.13 Å². The maximum Gasteiger partial charge on any atom is 0.252 e. The molecular weight excluding hydrogens is 254 g/mol. The first-order valence-electron chi connectivity index (χ1n) is 5.95. The summed E-state index contributed by atoms with van der Waals surface area (Å²) in [6.45, 7) is 3.02. The van der Waals surface area contributed by atoms with Gasteiger partial charge in [0.1, 0.15) is 11.6 Å². The van der Waals surface area contributed by atoms with E-state index in [9.17, 15) is 4.79 Å². The fourth-order valence-electron chi connectivity index (χ4n) is 1.20. The monoisotopic (exact) mass is 273 g/mol. The maximum atomic E-state index is 11.5. The first-order chi connectivity index (χ1) is 8.76. The predicted octanol–water partition coefficient (Wildman–Crippen LogP) is 1.48. The lowest BCUT2D eigenvalue weighted by atomic mass is 10.3. The number of methoxy groups -OCH3 is 1. The molecule has 0 saturated heterocycles. The second-order valence-corrected chi connectivity index (χ2v) is 4.76. The van der Waals surface area contributed by atoms with Gasteiger partial charge in [0.15, 0.2) is 0 Å². The van der Waals surface area contributed by atoms with Crippen molar-refractivity contribution in [2.75, 3.05) is 32.2 Å². The van der Waals surface area contributed by atoms with Gasteiger partial charge in [-0.3, -0.25) is 10.1 Å². The maximum absolute atomic E-state index is 11.5. The first kappa shape index (κ1) is 15.0. The van der Waals surface area contributed by atoms with E-state index in [1.165, 1.54) is 11.3 Å². The van der Waals surface area contributed by atoms with Gasteiger partial charge in [-0.15, -0.1) is 10.2 Å². The minimum Gasteiger partial charge on any atom is -0.382 e. The van der Waals surface area contributed by atoms with Crippen molar-refractivity contribution in [3.05, 3.63) is 5.01 Å². The number of nitrogens with zero attached hydrogens (tertiary/aromatic N) is 2. The minimum absolute atomic E-state index is 0.00718. The molecule has 0 bridgehead atoms. The number of carbonyl (C=O) groups is 1. The molecule has 102 valence electrons. The standard InChI is InChI=1S/C11H19N3O3S/c1-3-4-5-10-13-14-11(18-10)12-9(15)8-17-7-6-16-2/h3-8H2,1-2H3,(H,12,14,15). The zero-order valence-corrected chi connectivity index (χ0v) is 11.6. The Labute approximate surface area is 111 Å². The van der Waals surface area contributed by atoms with Gasteiger partial charge >= 0.3 is 0 Å². The van der Waals surface area contributed by atoms with E-state index in [0.717, 1.165) is 24.3 Å². The van der Waals surface area contributed by atoms with Crippen molar-refractivity contribution in [2.24, 2.45) is 0 Å². The number of nitrogens with one attached hydrogen (secondary N) is 1. The highest BCUT2D eigenvalue weighted by Crippen LogP contribution is 2.16. The molecule has 1 amide bonds. The third-order valence-electron chi connectivity index (χ3n) is 2.12. The number of hydrogen-bond acceptors (Lipinski definition) is 6. The summed E-state index contributed by atoms with van der Waals surface area (Å²) in [5.41, 5.74) is 0. The molecule has 6 nitrogen and oxygen atoms in total. The number of hydrogen-bond donors (Lipinski definition) is 1. The SMILES string of the molecule is CCCCc1nnc(NC(=O)COCCOC)s1. The average Bonchev–Trinajstić information content (AvgIpc) is 2.80. The Balaban J connectivity index is 2.24. The van der Waals surface area contributed by atoms with Crippen LogP contribution in [-0.2, 0) is 20.7 Å². The van der Waals surface area contributed by atoms with E-state index in [1.54, 1.807) is 7.11 Å². The lowest BCUT2D eigenvalue weighted by molar-refractivity contribution is -0.121. The van der Waals surface area contributed by atoms with Crippen LogP contribution in [0, 0.1) is 0 Å². The number of aromatic nitrogens is 2. The molecule has 1 heterocycles. The molecule has 0 aromatic carbocycles. The molecule has 1 aromatic rings. The molecular formula is C11H19N3O3S. The van der Waals surface area contributed by atoms with Crippen molar-refractivity contribution in [3.8, 4) is 0 Å². The quantitative estimate of drug-likeness (QED) is 0.690. The van der Waals surface area contributed by atoms with Crippen LogP contribution in [-0.4, -0.2) is 43.0 Å². The molecule has 1 rings (SSSR count). The molecule has 1 aromatic heterocycles. The van der Waals surface area contributed by atoms with E-state index in [4.69, 9.17) is 9.47 Å². The molecule has 0 saturated carbocycles. The van der Waals surface area contributed by atoms with Gasteiger partial charge in [0.05, 0.1) is 13.2 Å².